The summed E-state index contributed by atoms with van der Waals surface area (Å²) in [5.74, 6) is 1.24. The van der Waals surface area contributed by atoms with Gasteiger partial charge in [0.2, 0.25) is 5.91 Å². The Morgan fingerprint density at radius 2 is 2.03 bits per heavy atom. The van der Waals surface area contributed by atoms with Crippen LogP contribution in [0, 0.1) is 5.82 Å². The van der Waals surface area contributed by atoms with E-state index in [1.807, 2.05) is 23.1 Å². The molecule has 1 aliphatic heterocycles. The Bertz CT molecular complexity index is 1060. The van der Waals surface area contributed by atoms with Crippen molar-refractivity contribution in [1.82, 2.24) is 19.9 Å². The van der Waals surface area contributed by atoms with Crippen LogP contribution in [0.2, 0.25) is 0 Å². The number of hydrogen-bond acceptors (Lipinski definition) is 6. The highest BCUT2D eigenvalue weighted by Gasteiger charge is 2.26. The van der Waals surface area contributed by atoms with E-state index in [0.29, 0.717) is 43.4 Å². The fourth-order valence-electron chi connectivity index (χ4n) is 3.82. The number of nitrogens with one attached hydrogen (secondary N) is 1. The molecule has 3 aromatic rings. The zero-order chi connectivity index (χ0) is 22.3. The number of nitrogens with zero attached hydrogens (tertiary/aromatic N) is 4. The lowest BCUT2D eigenvalue weighted by Gasteiger charge is -2.31. The molecule has 0 aliphatic carbocycles. The van der Waals surface area contributed by atoms with Gasteiger partial charge in [-0.3, -0.25) is 9.78 Å². The first-order chi connectivity index (χ1) is 15.6. The van der Waals surface area contributed by atoms with Crippen molar-refractivity contribution in [2.24, 2.45) is 0 Å². The number of benzene rings is 1. The van der Waals surface area contributed by atoms with E-state index in [1.54, 1.807) is 31.6 Å². The molecule has 0 bridgehead atoms. The smallest absolute Gasteiger partial charge is 0.224 e. The highest BCUT2D eigenvalue weighted by atomic mass is 19.1. The molecular weight excluding hydrogens is 409 g/mol. The van der Waals surface area contributed by atoms with Crippen LogP contribution in [0.4, 0.5) is 15.9 Å². The zero-order valence-corrected chi connectivity index (χ0v) is 18.0. The number of pyridine rings is 1. The summed E-state index contributed by atoms with van der Waals surface area (Å²) in [6.07, 6.45) is 5.45. The lowest BCUT2D eigenvalue weighted by molar-refractivity contribution is -0.133. The number of amides is 1. The van der Waals surface area contributed by atoms with E-state index >= 15 is 0 Å². The monoisotopic (exact) mass is 435 g/mol. The van der Waals surface area contributed by atoms with Gasteiger partial charge in [0, 0.05) is 55.8 Å². The summed E-state index contributed by atoms with van der Waals surface area (Å²) in [7, 11) is 1.60. The summed E-state index contributed by atoms with van der Waals surface area (Å²) in [6, 6.07) is 11.9. The zero-order valence-electron chi connectivity index (χ0n) is 18.0. The second kappa shape index (κ2) is 10.3. The first-order valence-electron chi connectivity index (χ1n) is 10.7. The summed E-state index contributed by atoms with van der Waals surface area (Å²) in [6.45, 7) is 1.77. The van der Waals surface area contributed by atoms with E-state index in [2.05, 4.69) is 10.3 Å². The fourth-order valence-corrected chi connectivity index (χ4v) is 3.82. The third kappa shape index (κ3) is 5.45. The molecular formula is C24H26FN5O2. The molecule has 7 nitrogen and oxygen atoms in total. The molecule has 0 atom stereocenters. The van der Waals surface area contributed by atoms with Gasteiger partial charge in [0.1, 0.15) is 17.5 Å². The Labute approximate surface area is 186 Å². The van der Waals surface area contributed by atoms with Gasteiger partial charge < -0.3 is 15.0 Å². The number of rotatable bonds is 7. The Hall–Kier alpha value is -3.39. The Balaban J connectivity index is 1.57. The van der Waals surface area contributed by atoms with Crippen molar-refractivity contribution in [3.8, 4) is 11.3 Å². The quantitative estimate of drug-likeness (QED) is 0.600. The van der Waals surface area contributed by atoms with Crippen LogP contribution in [0.3, 0.4) is 0 Å². The highest BCUT2D eigenvalue weighted by Crippen LogP contribution is 2.30. The van der Waals surface area contributed by atoms with Crippen molar-refractivity contribution in [3.05, 3.63) is 66.5 Å². The summed E-state index contributed by atoms with van der Waals surface area (Å²) in [5, 5.41) is 3.19. The minimum Gasteiger partial charge on any atom is -0.384 e. The van der Waals surface area contributed by atoms with Crippen LogP contribution < -0.4 is 5.32 Å². The number of carbonyl (C=O) groups excluding carboxylic acids is 1. The number of likely N-dealkylation sites (tertiary alicyclic amines) is 1. The predicted molar refractivity (Wildman–Crippen MR) is 120 cm³/mol. The maximum absolute atomic E-state index is 13.6. The number of carbonyl (C=O) groups is 1. The van der Waals surface area contributed by atoms with Crippen LogP contribution >= 0.6 is 0 Å². The maximum Gasteiger partial charge on any atom is 0.224 e. The maximum atomic E-state index is 13.6. The molecule has 0 radical (unpaired) electrons. The normalized spacial score (nSPS) is 14.4. The van der Waals surface area contributed by atoms with Gasteiger partial charge in [0.25, 0.3) is 0 Å². The minimum absolute atomic E-state index is 0.115. The van der Waals surface area contributed by atoms with Crippen molar-refractivity contribution < 1.29 is 13.9 Å². The number of anilines is 2. The number of ether oxygens (including phenoxy) is 1. The van der Waals surface area contributed by atoms with Gasteiger partial charge in [-0.05, 0) is 43.2 Å². The largest absolute Gasteiger partial charge is 0.384 e. The SMILES string of the molecule is COCCC(=O)N1CCC(c2nc(Nc3cccc(F)c3)cc(-c3cccnc3)n2)CC1. The van der Waals surface area contributed by atoms with Gasteiger partial charge in [-0.25, -0.2) is 14.4 Å². The molecule has 32 heavy (non-hydrogen) atoms. The molecule has 1 fully saturated rings. The van der Waals surface area contributed by atoms with Crippen LogP contribution in [-0.2, 0) is 9.53 Å². The van der Waals surface area contributed by atoms with Crippen molar-refractivity contribution >= 4 is 17.4 Å². The number of hydrogen-bond donors (Lipinski definition) is 1. The first kappa shape index (κ1) is 21.8. The molecule has 1 aliphatic rings. The third-order valence-corrected chi connectivity index (χ3v) is 5.53. The Kier molecular flexibility index (Phi) is 7.01. The van der Waals surface area contributed by atoms with E-state index in [4.69, 9.17) is 14.7 Å². The predicted octanol–water partition coefficient (Wildman–Crippen LogP) is 4.16. The number of aromatic nitrogens is 3. The molecule has 1 amide bonds. The third-order valence-electron chi connectivity index (χ3n) is 5.53. The van der Waals surface area contributed by atoms with Crippen molar-refractivity contribution in [1.29, 1.82) is 0 Å². The van der Waals surface area contributed by atoms with Crippen molar-refractivity contribution in [3.63, 3.8) is 0 Å². The minimum atomic E-state index is -0.317. The van der Waals surface area contributed by atoms with Gasteiger partial charge in [-0.1, -0.05) is 6.07 Å². The van der Waals surface area contributed by atoms with Gasteiger partial charge in [0.05, 0.1) is 18.7 Å². The van der Waals surface area contributed by atoms with Gasteiger partial charge in [0.15, 0.2) is 0 Å². The van der Waals surface area contributed by atoms with Gasteiger partial charge >= 0.3 is 0 Å². The van der Waals surface area contributed by atoms with Crippen molar-refractivity contribution in [2.45, 2.75) is 25.2 Å². The molecule has 4 rings (SSSR count). The molecule has 1 N–H and O–H groups in total. The molecule has 166 valence electrons. The molecule has 3 heterocycles. The summed E-state index contributed by atoms with van der Waals surface area (Å²) >= 11 is 0. The molecule has 2 aromatic heterocycles. The summed E-state index contributed by atoms with van der Waals surface area (Å²) in [5.41, 5.74) is 2.25. The molecule has 8 heteroatoms. The molecule has 0 unspecified atom stereocenters. The molecule has 0 saturated carbocycles. The van der Waals surface area contributed by atoms with Crippen LogP contribution in [0.25, 0.3) is 11.3 Å². The lowest BCUT2D eigenvalue weighted by atomic mass is 9.95. The van der Waals surface area contributed by atoms with E-state index in [1.165, 1.54) is 12.1 Å². The lowest BCUT2D eigenvalue weighted by Crippen LogP contribution is -2.38. The van der Waals surface area contributed by atoms with Crippen LogP contribution in [-0.4, -0.2) is 52.6 Å². The molecule has 1 saturated heterocycles. The summed E-state index contributed by atoms with van der Waals surface area (Å²) < 4.78 is 18.7. The summed E-state index contributed by atoms with van der Waals surface area (Å²) in [4.78, 5) is 27.9. The van der Waals surface area contributed by atoms with Gasteiger partial charge in [-0.15, -0.1) is 0 Å². The topological polar surface area (TPSA) is 80.2 Å². The van der Waals surface area contributed by atoms with Crippen LogP contribution in [0.1, 0.15) is 31.0 Å². The Morgan fingerprint density at radius 1 is 1.19 bits per heavy atom. The van der Waals surface area contributed by atoms with Crippen LogP contribution in [0.15, 0.2) is 54.9 Å². The molecule has 0 spiro atoms. The van der Waals surface area contributed by atoms with E-state index < -0.39 is 0 Å². The van der Waals surface area contributed by atoms with Crippen LogP contribution in [0.5, 0.6) is 0 Å². The fraction of sp³-hybridized carbons (Fsp3) is 0.333. The van der Waals surface area contributed by atoms with E-state index in [9.17, 15) is 9.18 Å². The van der Waals surface area contributed by atoms with E-state index in [0.717, 1.165) is 24.1 Å². The first-order valence-corrected chi connectivity index (χ1v) is 10.7. The number of methoxy groups -OCH3 is 1. The number of piperidine rings is 1. The second-order valence-electron chi connectivity index (χ2n) is 7.77. The number of halogens is 1. The standard InChI is InChI=1S/C24H26FN5O2/c1-32-13-9-23(31)30-11-7-17(8-12-30)24-28-21(18-4-3-10-26-16-18)15-22(29-24)27-20-6-2-5-19(25)14-20/h2-6,10,14-17H,7-9,11-13H2,1H3,(H,27,28,29). The average Bonchev–Trinajstić information content (AvgIpc) is 2.83. The Morgan fingerprint density at radius 3 is 2.75 bits per heavy atom. The van der Waals surface area contributed by atoms with Gasteiger partial charge in [-0.2, -0.15) is 0 Å². The van der Waals surface area contributed by atoms with E-state index in [-0.39, 0.29) is 17.6 Å². The second-order valence-corrected chi connectivity index (χ2v) is 7.77. The highest BCUT2D eigenvalue weighted by molar-refractivity contribution is 5.76. The van der Waals surface area contributed by atoms with Crippen molar-refractivity contribution in [2.75, 3.05) is 32.1 Å². The molecule has 1 aromatic carbocycles. The average molecular weight is 436 g/mol.